The molecule has 0 atom stereocenters. The van der Waals surface area contributed by atoms with Crippen LogP contribution in [0.2, 0.25) is 0 Å². The SMILES string of the molecule is CCOc1ccc(-n2c(SCC(=O)C(C)(C)C)nc3c(sc(=S)n3-c3ccccc3)c2=O)cc1. The molecule has 0 aliphatic rings. The fourth-order valence-corrected chi connectivity index (χ4v) is 5.74. The molecule has 0 radical (unpaired) electrons. The van der Waals surface area contributed by atoms with Gasteiger partial charge in [-0.3, -0.25) is 18.7 Å². The third-order valence-electron chi connectivity index (χ3n) is 5.17. The number of carbonyl (C=O) groups is 1. The normalized spacial score (nSPS) is 11.6. The lowest BCUT2D eigenvalue weighted by atomic mass is 9.92. The molecule has 176 valence electrons. The number of thiazole rings is 1. The number of Topliss-reactive ketones (excluding diaryl/α,β-unsaturated/α-hetero) is 1. The molecule has 0 bridgehead atoms. The second kappa shape index (κ2) is 9.85. The van der Waals surface area contributed by atoms with Gasteiger partial charge in [0, 0.05) is 11.1 Å². The summed E-state index contributed by atoms with van der Waals surface area (Å²) in [6.07, 6.45) is 0. The zero-order chi connectivity index (χ0) is 24.5. The Morgan fingerprint density at radius 2 is 1.71 bits per heavy atom. The van der Waals surface area contributed by atoms with Gasteiger partial charge < -0.3 is 4.74 Å². The van der Waals surface area contributed by atoms with Gasteiger partial charge in [-0.15, -0.1) is 0 Å². The highest BCUT2D eigenvalue weighted by Crippen LogP contribution is 2.29. The van der Waals surface area contributed by atoms with Crippen molar-refractivity contribution in [2.45, 2.75) is 32.9 Å². The van der Waals surface area contributed by atoms with Gasteiger partial charge >= 0.3 is 0 Å². The van der Waals surface area contributed by atoms with Gasteiger partial charge in [0.2, 0.25) is 0 Å². The van der Waals surface area contributed by atoms with E-state index in [4.69, 9.17) is 21.9 Å². The zero-order valence-corrected chi connectivity index (χ0v) is 21.9. The van der Waals surface area contributed by atoms with E-state index in [0.717, 1.165) is 11.4 Å². The maximum absolute atomic E-state index is 13.7. The highest BCUT2D eigenvalue weighted by atomic mass is 32.2. The Kier molecular flexibility index (Phi) is 7.06. The van der Waals surface area contributed by atoms with E-state index in [9.17, 15) is 9.59 Å². The number of ether oxygens (including phenoxy) is 1. The lowest BCUT2D eigenvalue weighted by Gasteiger charge is -2.17. The number of benzene rings is 2. The summed E-state index contributed by atoms with van der Waals surface area (Å²) in [7, 11) is 0. The Morgan fingerprint density at radius 1 is 1.06 bits per heavy atom. The maximum atomic E-state index is 13.7. The van der Waals surface area contributed by atoms with Crippen molar-refractivity contribution in [2.75, 3.05) is 12.4 Å². The topological polar surface area (TPSA) is 66.1 Å². The number of fused-ring (bicyclic) bond motifs is 1. The summed E-state index contributed by atoms with van der Waals surface area (Å²) >= 11 is 8.12. The monoisotopic (exact) mass is 511 g/mol. The molecule has 2 heterocycles. The molecule has 0 N–H and O–H groups in total. The van der Waals surface area contributed by atoms with Crippen LogP contribution in [0.15, 0.2) is 64.5 Å². The summed E-state index contributed by atoms with van der Waals surface area (Å²) in [4.78, 5) is 31.3. The second-order valence-electron chi connectivity index (χ2n) is 8.62. The number of rotatable bonds is 7. The lowest BCUT2D eigenvalue weighted by Crippen LogP contribution is -2.24. The van der Waals surface area contributed by atoms with Crippen LogP contribution >= 0.6 is 35.3 Å². The summed E-state index contributed by atoms with van der Waals surface area (Å²) in [5.74, 6) is 1.00. The molecule has 0 aliphatic carbocycles. The molecule has 0 amide bonds. The van der Waals surface area contributed by atoms with Crippen molar-refractivity contribution < 1.29 is 9.53 Å². The van der Waals surface area contributed by atoms with Crippen molar-refractivity contribution in [3.8, 4) is 17.1 Å². The molecule has 0 saturated carbocycles. The van der Waals surface area contributed by atoms with Gasteiger partial charge in [-0.2, -0.15) is 0 Å². The first-order chi connectivity index (χ1) is 16.2. The third kappa shape index (κ3) is 4.87. The molecule has 0 unspecified atom stereocenters. The largest absolute Gasteiger partial charge is 0.494 e. The minimum absolute atomic E-state index is 0.0790. The maximum Gasteiger partial charge on any atom is 0.278 e. The molecule has 34 heavy (non-hydrogen) atoms. The Morgan fingerprint density at radius 3 is 2.32 bits per heavy atom. The summed E-state index contributed by atoms with van der Waals surface area (Å²) in [6, 6.07) is 16.9. The van der Waals surface area contributed by atoms with E-state index < -0.39 is 5.41 Å². The number of hydrogen-bond donors (Lipinski definition) is 0. The highest BCUT2D eigenvalue weighted by molar-refractivity contribution is 7.99. The van der Waals surface area contributed by atoms with E-state index >= 15 is 0 Å². The quantitative estimate of drug-likeness (QED) is 0.170. The smallest absolute Gasteiger partial charge is 0.278 e. The van der Waals surface area contributed by atoms with Crippen LogP contribution in [-0.4, -0.2) is 32.3 Å². The molecule has 4 rings (SSSR count). The Bertz CT molecular complexity index is 1450. The number of para-hydroxylation sites is 1. The van der Waals surface area contributed by atoms with Crippen molar-refractivity contribution in [2.24, 2.45) is 5.41 Å². The predicted octanol–water partition coefficient (Wildman–Crippen LogP) is 6.07. The summed E-state index contributed by atoms with van der Waals surface area (Å²) < 4.78 is 9.92. The summed E-state index contributed by atoms with van der Waals surface area (Å²) in [5, 5.41) is 0.441. The van der Waals surface area contributed by atoms with Crippen LogP contribution < -0.4 is 10.3 Å². The fraction of sp³-hybridized carbons (Fsp3) is 0.280. The molecule has 9 heteroatoms. The molecule has 4 aromatic rings. The average Bonchev–Trinajstić information content (AvgIpc) is 3.14. The Balaban J connectivity index is 1.92. The number of hydrogen-bond acceptors (Lipinski definition) is 7. The van der Waals surface area contributed by atoms with E-state index in [-0.39, 0.29) is 17.1 Å². The third-order valence-corrected chi connectivity index (χ3v) is 7.46. The number of nitrogens with zero attached hydrogens (tertiary/aromatic N) is 3. The average molecular weight is 512 g/mol. The molecular formula is C25H25N3O3S3. The van der Waals surface area contributed by atoms with Gasteiger partial charge in [-0.05, 0) is 55.5 Å². The minimum Gasteiger partial charge on any atom is -0.494 e. The molecule has 2 aromatic heterocycles. The van der Waals surface area contributed by atoms with Gasteiger partial charge in [0.05, 0.1) is 18.0 Å². The van der Waals surface area contributed by atoms with Gasteiger partial charge in [-0.25, -0.2) is 4.98 Å². The molecule has 0 saturated heterocycles. The van der Waals surface area contributed by atoms with Gasteiger partial charge in [0.1, 0.15) is 16.2 Å². The van der Waals surface area contributed by atoms with Gasteiger partial charge in [-0.1, -0.05) is 62.1 Å². The van der Waals surface area contributed by atoms with Gasteiger partial charge in [0.25, 0.3) is 5.56 Å². The summed E-state index contributed by atoms with van der Waals surface area (Å²) in [5.41, 5.74) is 1.29. The van der Waals surface area contributed by atoms with E-state index in [1.165, 1.54) is 23.1 Å². The molecule has 2 aromatic carbocycles. The van der Waals surface area contributed by atoms with E-state index in [0.29, 0.717) is 31.8 Å². The standard InChI is InChI=1S/C25H25N3O3S3/c1-5-31-18-13-11-17(12-14-18)28-22(30)20-21(26-23(28)33-15-19(29)25(2,3)4)27(24(32)34-20)16-9-7-6-8-10-16/h6-14H,5,15H2,1-4H3. The first kappa shape index (κ1) is 24.4. The zero-order valence-electron chi connectivity index (χ0n) is 19.4. The van der Waals surface area contributed by atoms with Crippen molar-refractivity contribution >= 4 is 51.4 Å². The Hall–Kier alpha value is -2.75. The van der Waals surface area contributed by atoms with Crippen LogP contribution in [0.5, 0.6) is 5.75 Å². The number of aromatic nitrogens is 3. The van der Waals surface area contributed by atoms with Crippen LogP contribution in [0.25, 0.3) is 21.7 Å². The molecule has 0 fully saturated rings. The minimum atomic E-state index is -0.485. The van der Waals surface area contributed by atoms with Crippen LogP contribution in [0, 0.1) is 9.37 Å². The van der Waals surface area contributed by atoms with E-state index in [1.807, 2.05) is 86.9 Å². The van der Waals surface area contributed by atoms with Crippen LogP contribution in [-0.2, 0) is 4.79 Å². The van der Waals surface area contributed by atoms with Crippen molar-refractivity contribution in [3.05, 3.63) is 68.9 Å². The van der Waals surface area contributed by atoms with Crippen LogP contribution in [0.4, 0.5) is 0 Å². The van der Waals surface area contributed by atoms with Crippen molar-refractivity contribution in [1.29, 1.82) is 0 Å². The van der Waals surface area contributed by atoms with Crippen LogP contribution in [0.1, 0.15) is 27.7 Å². The van der Waals surface area contributed by atoms with E-state index in [1.54, 1.807) is 4.57 Å². The summed E-state index contributed by atoms with van der Waals surface area (Å²) in [6.45, 7) is 8.13. The molecule has 0 aliphatic heterocycles. The number of ketones is 1. The first-order valence-electron chi connectivity index (χ1n) is 10.8. The first-order valence-corrected chi connectivity index (χ1v) is 13.0. The van der Waals surface area contributed by atoms with Crippen LogP contribution in [0.3, 0.4) is 0 Å². The van der Waals surface area contributed by atoms with E-state index in [2.05, 4.69) is 0 Å². The predicted molar refractivity (Wildman–Crippen MR) is 142 cm³/mol. The molecular weight excluding hydrogens is 486 g/mol. The second-order valence-corrected chi connectivity index (χ2v) is 11.2. The molecule has 6 nitrogen and oxygen atoms in total. The highest BCUT2D eigenvalue weighted by Gasteiger charge is 2.24. The Labute approximate surface area is 211 Å². The lowest BCUT2D eigenvalue weighted by molar-refractivity contribution is -0.123. The van der Waals surface area contributed by atoms with Crippen molar-refractivity contribution in [1.82, 2.24) is 14.1 Å². The van der Waals surface area contributed by atoms with Crippen molar-refractivity contribution in [3.63, 3.8) is 0 Å². The number of carbonyl (C=O) groups excluding carboxylic acids is 1. The molecule has 0 spiro atoms. The van der Waals surface area contributed by atoms with Gasteiger partial charge in [0.15, 0.2) is 14.8 Å². The fourth-order valence-electron chi connectivity index (χ4n) is 3.27. The number of thioether (sulfide) groups is 1.